The fourth-order valence-corrected chi connectivity index (χ4v) is 2.77. The zero-order valence-corrected chi connectivity index (χ0v) is 16.1. The Balaban J connectivity index is 1.73. The highest BCUT2D eigenvalue weighted by molar-refractivity contribution is 5.26. The van der Waals surface area contributed by atoms with E-state index < -0.39 is 0 Å². The average Bonchev–Trinajstić information content (AvgIpc) is 3.18. The summed E-state index contributed by atoms with van der Waals surface area (Å²) in [5, 5.41) is 0. The first kappa shape index (κ1) is 20.5. The van der Waals surface area contributed by atoms with Gasteiger partial charge in [0.25, 0.3) is 0 Å². The number of methoxy groups -OCH3 is 1. The molecule has 0 N–H and O–H groups in total. The van der Waals surface area contributed by atoms with E-state index in [0.29, 0.717) is 13.2 Å². The predicted molar refractivity (Wildman–Crippen MR) is 103 cm³/mol. The lowest BCUT2D eigenvalue weighted by atomic mass is 10.2. The SMILES string of the molecule is CCCCCCCOC(COCc1ccc(OC)cc1)Cn1ccnc1. The van der Waals surface area contributed by atoms with E-state index in [-0.39, 0.29) is 6.10 Å². The first-order valence-corrected chi connectivity index (χ1v) is 9.59. The summed E-state index contributed by atoms with van der Waals surface area (Å²) < 4.78 is 19.2. The Bertz CT molecular complexity index is 569. The fraction of sp³-hybridized carbons (Fsp3) is 0.571. The molecule has 1 aromatic heterocycles. The number of aromatic nitrogens is 2. The van der Waals surface area contributed by atoms with Crippen molar-refractivity contribution < 1.29 is 14.2 Å². The Morgan fingerprint density at radius 1 is 1.08 bits per heavy atom. The molecule has 5 nitrogen and oxygen atoms in total. The Kier molecular flexibility index (Phi) is 9.83. The molecule has 0 radical (unpaired) electrons. The van der Waals surface area contributed by atoms with Crippen molar-refractivity contribution in [2.24, 2.45) is 0 Å². The van der Waals surface area contributed by atoms with Crippen molar-refractivity contribution >= 4 is 0 Å². The summed E-state index contributed by atoms with van der Waals surface area (Å²) in [6.07, 6.45) is 11.8. The van der Waals surface area contributed by atoms with Crippen LogP contribution in [0.1, 0.15) is 44.6 Å². The summed E-state index contributed by atoms with van der Waals surface area (Å²) in [5.74, 6) is 0.859. The van der Waals surface area contributed by atoms with E-state index in [9.17, 15) is 0 Å². The summed E-state index contributed by atoms with van der Waals surface area (Å²) >= 11 is 0. The van der Waals surface area contributed by atoms with Gasteiger partial charge in [0.15, 0.2) is 0 Å². The van der Waals surface area contributed by atoms with E-state index >= 15 is 0 Å². The molecule has 1 aromatic carbocycles. The highest BCUT2D eigenvalue weighted by atomic mass is 16.5. The Morgan fingerprint density at radius 3 is 2.58 bits per heavy atom. The van der Waals surface area contributed by atoms with Gasteiger partial charge < -0.3 is 18.8 Å². The third-order valence-corrected chi connectivity index (χ3v) is 4.31. The van der Waals surface area contributed by atoms with Gasteiger partial charge in [0.1, 0.15) is 5.75 Å². The van der Waals surface area contributed by atoms with Gasteiger partial charge in [0.2, 0.25) is 0 Å². The van der Waals surface area contributed by atoms with Crippen LogP contribution in [0.2, 0.25) is 0 Å². The molecule has 0 aliphatic carbocycles. The third-order valence-electron chi connectivity index (χ3n) is 4.31. The van der Waals surface area contributed by atoms with Crippen molar-refractivity contribution in [3.63, 3.8) is 0 Å². The molecule has 0 bridgehead atoms. The molecule has 0 aliphatic rings. The van der Waals surface area contributed by atoms with Crippen molar-refractivity contribution in [2.75, 3.05) is 20.3 Å². The van der Waals surface area contributed by atoms with Crippen LogP contribution in [0.3, 0.4) is 0 Å². The monoisotopic (exact) mass is 360 g/mol. The third kappa shape index (κ3) is 8.02. The summed E-state index contributed by atoms with van der Waals surface area (Å²) in [4.78, 5) is 4.10. The first-order chi connectivity index (χ1) is 12.8. The number of benzene rings is 1. The van der Waals surface area contributed by atoms with Gasteiger partial charge in [-0.2, -0.15) is 0 Å². The fourth-order valence-electron chi connectivity index (χ4n) is 2.77. The van der Waals surface area contributed by atoms with Crippen LogP contribution in [0.5, 0.6) is 5.75 Å². The van der Waals surface area contributed by atoms with Crippen molar-refractivity contribution in [2.45, 2.75) is 58.3 Å². The standard InChI is InChI=1S/C21H32N2O3/c1-3-4-5-6-7-14-26-21(15-23-13-12-22-18-23)17-25-16-19-8-10-20(24-2)11-9-19/h8-13,18,21H,3-7,14-17H2,1-2H3. The molecule has 1 heterocycles. The lowest BCUT2D eigenvalue weighted by Crippen LogP contribution is -2.25. The van der Waals surface area contributed by atoms with E-state index in [0.717, 1.165) is 30.9 Å². The van der Waals surface area contributed by atoms with E-state index in [1.807, 2.05) is 41.4 Å². The van der Waals surface area contributed by atoms with Crippen LogP contribution in [0.15, 0.2) is 43.0 Å². The minimum atomic E-state index is 0.0358. The van der Waals surface area contributed by atoms with Gasteiger partial charge in [-0.1, -0.05) is 44.7 Å². The largest absolute Gasteiger partial charge is 0.497 e. The molecule has 144 valence electrons. The number of rotatable bonds is 14. The average molecular weight is 360 g/mol. The molecule has 2 rings (SSSR count). The lowest BCUT2D eigenvalue weighted by Gasteiger charge is -2.19. The predicted octanol–water partition coefficient (Wildman–Crippen LogP) is 4.46. The minimum Gasteiger partial charge on any atom is -0.497 e. The smallest absolute Gasteiger partial charge is 0.118 e. The van der Waals surface area contributed by atoms with Gasteiger partial charge in [-0.25, -0.2) is 4.98 Å². The molecule has 0 spiro atoms. The van der Waals surface area contributed by atoms with Crippen LogP contribution in [0, 0.1) is 0 Å². The summed E-state index contributed by atoms with van der Waals surface area (Å²) in [5.41, 5.74) is 1.13. The van der Waals surface area contributed by atoms with E-state index in [4.69, 9.17) is 14.2 Å². The second-order valence-electron chi connectivity index (χ2n) is 6.53. The molecule has 2 aromatic rings. The highest BCUT2D eigenvalue weighted by Gasteiger charge is 2.11. The molecule has 5 heteroatoms. The van der Waals surface area contributed by atoms with Crippen LogP contribution < -0.4 is 4.74 Å². The number of ether oxygens (including phenoxy) is 3. The quantitative estimate of drug-likeness (QED) is 0.467. The second-order valence-corrected chi connectivity index (χ2v) is 6.53. The van der Waals surface area contributed by atoms with Gasteiger partial charge in [-0.05, 0) is 24.1 Å². The molecule has 0 aliphatic heterocycles. The minimum absolute atomic E-state index is 0.0358. The van der Waals surface area contributed by atoms with Crippen molar-refractivity contribution in [1.82, 2.24) is 9.55 Å². The van der Waals surface area contributed by atoms with Crippen LogP contribution in [0.25, 0.3) is 0 Å². The number of nitrogens with zero attached hydrogens (tertiary/aromatic N) is 2. The second kappa shape index (κ2) is 12.5. The van der Waals surface area contributed by atoms with E-state index in [2.05, 4.69) is 11.9 Å². The van der Waals surface area contributed by atoms with Crippen molar-refractivity contribution in [3.8, 4) is 5.75 Å². The summed E-state index contributed by atoms with van der Waals surface area (Å²) in [6, 6.07) is 7.96. The maximum Gasteiger partial charge on any atom is 0.118 e. The molecular formula is C21H32N2O3. The lowest BCUT2D eigenvalue weighted by molar-refractivity contribution is -0.0306. The first-order valence-electron chi connectivity index (χ1n) is 9.59. The van der Waals surface area contributed by atoms with Gasteiger partial charge in [-0.3, -0.25) is 0 Å². The van der Waals surface area contributed by atoms with Crippen molar-refractivity contribution in [3.05, 3.63) is 48.5 Å². The molecule has 1 atom stereocenters. The van der Waals surface area contributed by atoms with Crippen molar-refractivity contribution in [1.29, 1.82) is 0 Å². The summed E-state index contributed by atoms with van der Waals surface area (Å²) in [6.45, 7) is 4.92. The maximum atomic E-state index is 6.08. The van der Waals surface area contributed by atoms with Gasteiger partial charge >= 0.3 is 0 Å². The molecular weight excluding hydrogens is 328 g/mol. The Morgan fingerprint density at radius 2 is 1.88 bits per heavy atom. The molecule has 1 unspecified atom stereocenters. The Hall–Kier alpha value is -1.85. The number of imidazole rings is 1. The van der Waals surface area contributed by atoms with Crippen LogP contribution in [0.4, 0.5) is 0 Å². The molecule has 26 heavy (non-hydrogen) atoms. The zero-order chi connectivity index (χ0) is 18.5. The molecule has 0 fully saturated rings. The summed E-state index contributed by atoms with van der Waals surface area (Å²) in [7, 11) is 1.67. The Labute approximate surface area is 157 Å². The van der Waals surface area contributed by atoms with Gasteiger partial charge in [0, 0.05) is 19.0 Å². The number of unbranched alkanes of at least 4 members (excludes halogenated alkanes) is 4. The maximum absolute atomic E-state index is 6.08. The van der Waals surface area contributed by atoms with Gasteiger partial charge in [0.05, 0.1) is 39.3 Å². The normalized spacial score (nSPS) is 12.2. The number of hydrogen-bond donors (Lipinski definition) is 0. The van der Waals surface area contributed by atoms with E-state index in [1.165, 1.54) is 25.7 Å². The zero-order valence-electron chi connectivity index (χ0n) is 16.1. The highest BCUT2D eigenvalue weighted by Crippen LogP contribution is 2.12. The van der Waals surface area contributed by atoms with Crippen LogP contribution >= 0.6 is 0 Å². The van der Waals surface area contributed by atoms with E-state index in [1.54, 1.807) is 13.3 Å². The topological polar surface area (TPSA) is 45.5 Å². The van der Waals surface area contributed by atoms with Crippen LogP contribution in [-0.4, -0.2) is 36.0 Å². The molecule has 0 saturated carbocycles. The number of hydrogen-bond acceptors (Lipinski definition) is 4. The molecule has 0 amide bonds. The van der Waals surface area contributed by atoms with Crippen LogP contribution in [-0.2, 0) is 22.6 Å². The molecule has 0 saturated heterocycles. The van der Waals surface area contributed by atoms with Gasteiger partial charge in [-0.15, -0.1) is 0 Å².